The van der Waals surface area contributed by atoms with Crippen LogP contribution in [0.2, 0.25) is 0 Å². The number of hydrogen-bond acceptors (Lipinski definition) is 1. The van der Waals surface area contributed by atoms with Crippen molar-refractivity contribution in [3.05, 3.63) is 35.9 Å². The van der Waals surface area contributed by atoms with Crippen LogP contribution in [0.25, 0.3) is 0 Å². The lowest BCUT2D eigenvalue weighted by atomic mass is 9.91. The second-order valence-corrected chi connectivity index (χ2v) is 6.09. The quantitative estimate of drug-likeness (QED) is 0.723. The van der Waals surface area contributed by atoms with Gasteiger partial charge >= 0.3 is 0 Å². The molecular weight excluding hydrogens is 218 g/mol. The molecule has 1 N–H and O–H groups in total. The molecule has 0 bridgehead atoms. The molecule has 1 nitrogen and oxygen atoms in total. The highest BCUT2D eigenvalue weighted by Crippen LogP contribution is 2.17. The van der Waals surface area contributed by atoms with Crippen molar-refractivity contribution in [1.29, 1.82) is 0 Å². The van der Waals surface area contributed by atoms with Gasteiger partial charge in [0.2, 0.25) is 0 Å². The Morgan fingerprint density at radius 2 is 1.61 bits per heavy atom. The highest BCUT2D eigenvalue weighted by Gasteiger charge is 2.11. The molecule has 1 heteroatoms. The minimum atomic E-state index is 0.585. The van der Waals surface area contributed by atoms with Crippen molar-refractivity contribution in [2.45, 2.75) is 53.0 Å². The predicted octanol–water partition coefficient (Wildman–Crippen LogP) is 4.28. The van der Waals surface area contributed by atoms with E-state index in [0.29, 0.717) is 6.04 Å². The Hall–Kier alpha value is -0.820. The molecule has 18 heavy (non-hydrogen) atoms. The van der Waals surface area contributed by atoms with E-state index in [-0.39, 0.29) is 0 Å². The van der Waals surface area contributed by atoms with Gasteiger partial charge in [-0.2, -0.15) is 0 Å². The summed E-state index contributed by atoms with van der Waals surface area (Å²) in [7, 11) is 0. The molecule has 0 aliphatic carbocycles. The van der Waals surface area contributed by atoms with E-state index in [2.05, 4.69) is 63.3 Å². The number of rotatable bonds is 8. The molecule has 1 atom stereocenters. The molecular formula is C17H29N. The Morgan fingerprint density at radius 3 is 2.17 bits per heavy atom. The zero-order valence-corrected chi connectivity index (χ0v) is 12.4. The van der Waals surface area contributed by atoms with Crippen LogP contribution in [-0.4, -0.2) is 12.6 Å². The molecule has 0 radical (unpaired) electrons. The van der Waals surface area contributed by atoms with Gasteiger partial charge in [0, 0.05) is 6.04 Å². The standard InChI is InChI=1S/C17H29N/c1-14(2)10-11-17(13-18-15(3)4)12-16-8-6-5-7-9-16/h5-9,14-15,17-18H,10-13H2,1-4H3. The number of benzene rings is 1. The molecule has 0 spiro atoms. The summed E-state index contributed by atoms with van der Waals surface area (Å²) in [6, 6.07) is 11.5. The number of nitrogens with one attached hydrogen (secondary N) is 1. The molecule has 0 heterocycles. The van der Waals surface area contributed by atoms with E-state index in [0.717, 1.165) is 18.4 Å². The minimum Gasteiger partial charge on any atom is -0.314 e. The largest absolute Gasteiger partial charge is 0.314 e. The van der Waals surface area contributed by atoms with Crippen LogP contribution in [0.15, 0.2) is 30.3 Å². The van der Waals surface area contributed by atoms with E-state index < -0.39 is 0 Å². The van der Waals surface area contributed by atoms with Crippen LogP contribution >= 0.6 is 0 Å². The van der Waals surface area contributed by atoms with Crippen LogP contribution in [0.3, 0.4) is 0 Å². The molecule has 1 unspecified atom stereocenters. The third kappa shape index (κ3) is 6.80. The third-order valence-corrected chi connectivity index (χ3v) is 3.33. The Morgan fingerprint density at radius 1 is 0.944 bits per heavy atom. The van der Waals surface area contributed by atoms with Gasteiger partial charge in [0.25, 0.3) is 0 Å². The molecule has 0 amide bonds. The first-order valence-electron chi connectivity index (χ1n) is 7.35. The van der Waals surface area contributed by atoms with Crippen LogP contribution in [0.1, 0.15) is 46.1 Å². The second-order valence-electron chi connectivity index (χ2n) is 6.09. The maximum absolute atomic E-state index is 3.59. The Bertz CT molecular complexity index is 291. The first-order chi connectivity index (χ1) is 8.58. The summed E-state index contributed by atoms with van der Waals surface area (Å²) in [6.45, 7) is 10.2. The van der Waals surface area contributed by atoms with Gasteiger partial charge in [-0.3, -0.25) is 0 Å². The maximum atomic E-state index is 3.59. The summed E-state index contributed by atoms with van der Waals surface area (Å²) >= 11 is 0. The number of hydrogen-bond donors (Lipinski definition) is 1. The zero-order chi connectivity index (χ0) is 13.4. The van der Waals surface area contributed by atoms with Gasteiger partial charge in [0.15, 0.2) is 0 Å². The first-order valence-corrected chi connectivity index (χ1v) is 7.35. The van der Waals surface area contributed by atoms with Crippen LogP contribution < -0.4 is 5.32 Å². The SMILES string of the molecule is CC(C)CCC(CNC(C)C)Cc1ccccc1. The Balaban J connectivity index is 2.48. The summed E-state index contributed by atoms with van der Waals surface area (Å²) in [5, 5.41) is 3.59. The van der Waals surface area contributed by atoms with E-state index in [1.807, 2.05) is 0 Å². The Kier molecular flexibility index (Phi) is 7.04. The first kappa shape index (κ1) is 15.2. The van der Waals surface area contributed by atoms with Gasteiger partial charge < -0.3 is 5.32 Å². The molecule has 0 fully saturated rings. The van der Waals surface area contributed by atoms with Crippen LogP contribution in [0.4, 0.5) is 0 Å². The van der Waals surface area contributed by atoms with Crippen molar-refractivity contribution >= 4 is 0 Å². The van der Waals surface area contributed by atoms with Gasteiger partial charge in [-0.05, 0) is 36.8 Å². The average molecular weight is 247 g/mol. The fourth-order valence-corrected chi connectivity index (χ4v) is 2.20. The van der Waals surface area contributed by atoms with E-state index in [1.165, 1.54) is 24.8 Å². The lowest BCUT2D eigenvalue weighted by molar-refractivity contribution is 0.386. The molecule has 0 aromatic heterocycles. The summed E-state index contributed by atoms with van der Waals surface area (Å²) < 4.78 is 0. The van der Waals surface area contributed by atoms with Crippen molar-refractivity contribution in [2.75, 3.05) is 6.54 Å². The maximum Gasteiger partial charge on any atom is 0.00104 e. The van der Waals surface area contributed by atoms with Crippen molar-refractivity contribution in [3.63, 3.8) is 0 Å². The van der Waals surface area contributed by atoms with Crippen molar-refractivity contribution < 1.29 is 0 Å². The van der Waals surface area contributed by atoms with Gasteiger partial charge in [-0.15, -0.1) is 0 Å². The van der Waals surface area contributed by atoms with Crippen molar-refractivity contribution in [1.82, 2.24) is 5.32 Å². The van der Waals surface area contributed by atoms with E-state index in [9.17, 15) is 0 Å². The summed E-state index contributed by atoms with van der Waals surface area (Å²) in [5.41, 5.74) is 1.47. The highest BCUT2D eigenvalue weighted by atomic mass is 14.9. The Labute approximate surface area is 113 Å². The monoisotopic (exact) mass is 247 g/mol. The summed E-state index contributed by atoms with van der Waals surface area (Å²) in [6.07, 6.45) is 3.86. The van der Waals surface area contributed by atoms with E-state index in [4.69, 9.17) is 0 Å². The highest BCUT2D eigenvalue weighted by molar-refractivity contribution is 5.15. The van der Waals surface area contributed by atoms with E-state index >= 15 is 0 Å². The molecule has 0 aliphatic rings. The molecule has 1 aromatic rings. The molecule has 1 aromatic carbocycles. The van der Waals surface area contributed by atoms with Gasteiger partial charge in [-0.25, -0.2) is 0 Å². The van der Waals surface area contributed by atoms with Crippen molar-refractivity contribution in [2.24, 2.45) is 11.8 Å². The minimum absolute atomic E-state index is 0.585. The van der Waals surface area contributed by atoms with Gasteiger partial charge in [0.1, 0.15) is 0 Å². The van der Waals surface area contributed by atoms with Gasteiger partial charge in [-0.1, -0.05) is 64.4 Å². The second kappa shape index (κ2) is 8.31. The zero-order valence-electron chi connectivity index (χ0n) is 12.4. The molecule has 1 rings (SSSR count). The van der Waals surface area contributed by atoms with Crippen LogP contribution in [-0.2, 0) is 6.42 Å². The normalized spacial score (nSPS) is 13.2. The summed E-state index contributed by atoms with van der Waals surface area (Å²) in [5.74, 6) is 1.57. The molecule has 102 valence electrons. The molecule has 0 saturated heterocycles. The molecule has 0 saturated carbocycles. The van der Waals surface area contributed by atoms with Crippen LogP contribution in [0, 0.1) is 11.8 Å². The lowest BCUT2D eigenvalue weighted by Crippen LogP contribution is -2.30. The van der Waals surface area contributed by atoms with Crippen LogP contribution in [0.5, 0.6) is 0 Å². The fourth-order valence-electron chi connectivity index (χ4n) is 2.20. The topological polar surface area (TPSA) is 12.0 Å². The smallest absolute Gasteiger partial charge is 0.00104 e. The summed E-state index contributed by atoms with van der Waals surface area (Å²) in [4.78, 5) is 0. The predicted molar refractivity (Wildman–Crippen MR) is 80.8 cm³/mol. The lowest BCUT2D eigenvalue weighted by Gasteiger charge is -2.20. The molecule has 0 aliphatic heterocycles. The van der Waals surface area contributed by atoms with Gasteiger partial charge in [0.05, 0.1) is 0 Å². The average Bonchev–Trinajstić information content (AvgIpc) is 2.33. The van der Waals surface area contributed by atoms with E-state index in [1.54, 1.807) is 0 Å². The fraction of sp³-hybridized carbons (Fsp3) is 0.647. The third-order valence-electron chi connectivity index (χ3n) is 3.33. The van der Waals surface area contributed by atoms with Crippen molar-refractivity contribution in [3.8, 4) is 0 Å².